The summed E-state index contributed by atoms with van der Waals surface area (Å²) in [6.07, 6.45) is 7.29. The smallest absolute Gasteiger partial charge is 0.147 e. The summed E-state index contributed by atoms with van der Waals surface area (Å²) in [5.41, 5.74) is 7.77. The Kier molecular flexibility index (Phi) is 4.72. The molecule has 0 bridgehead atoms. The van der Waals surface area contributed by atoms with Crippen molar-refractivity contribution in [3.8, 4) is 0 Å². The van der Waals surface area contributed by atoms with Gasteiger partial charge in [0.15, 0.2) is 0 Å². The average Bonchev–Trinajstić information content (AvgIpc) is 3.28. The molecule has 4 heterocycles. The Labute approximate surface area is 177 Å². The summed E-state index contributed by atoms with van der Waals surface area (Å²) in [5, 5.41) is 5.18. The molecule has 0 saturated carbocycles. The molecule has 6 nitrogen and oxygen atoms in total. The van der Waals surface area contributed by atoms with E-state index in [0.717, 1.165) is 44.0 Å². The lowest BCUT2D eigenvalue weighted by molar-refractivity contribution is 0.170. The van der Waals surface area contributed by atoms with Gasteiger partial charge >= 0.3 is 0 Å². The Hall–Kier alpha value is -2.16. The van der Waals surface area contributed by atoms with Crippen molar-refractivity contribution in [1.29, 1.82) is 0 Å². The largest absolute Gasteiger partial charge is 0.355 e. The summed E-state index contributed by atoms with van der Waals surface area (Å²) in [7, 11) is 0. The van der Waals surface area contributed by atoms with E-state index in [1.165, 1.54) is 17.8 Å². The maximum atomic E-state index is 13.6. The van der Waals surface area contributed by atoms with E-state index in [4.69, 9.17) is 17.3 Å². The van der Waals surface area contributed by atoms with Gasteiger partial charge in [-0.15, -0.1) is 0 Å². The number of aromatic nitrogens is 4. The Morgan fingerprint density at radius 2 is 2.00 bits per heavy atom. The topological polar surface area (TPSA) is 72.9 Å². The molecular weight excluding hydrogens is 411 g/mol. The summed E-state index contributed by atoms with van der Waals surface area (Å²) < 4.78 is 15.7. The summed E-state index contributed by atoms with van der Waals surface area (Å²) in [4.78, 5) is 11.9. The molecule has 1 spiro atoms. The van der Waals surface area contributed by atoms with Gasteiger partial charge in [-0.1, -0.05) is 29.4 Å². The monoisotopic (exact) mass is 430 g/mol. The predicted molar refractivity (Wildman–Crippen MR) is 111 cm³/mol. The summed E-state index contributed by atoms with van der Waals surface area (Å²) >= 11 is 7.33. The Balaban J connectivity index is 1.25. The van der Waals surface area contributed by atoms with E-state index in [1.54, 1.807) is 24.5 Å². The molecular formula is C20H20ClFN6S. The van der Waals surface area contributed by atoms with Crippen molar-refractivity contribution in [2.24, 2.45) is 11.1 Å². The van der Waals surface area contributed by atoms with E-state index in [-0.39, 0.29) is 16.5 Å². The maximum Gasteiger partial charge on any atom is 0.147 e. The fourth-order valence-corrected chi connectivity index (χ4v) is 5.31. The van der Waals surface area contributed by atoms with Gasteiger partial charge in [0.25, 0.3) is 0 Å². The molecule has 2 aliphatic rings. The van der Waals surface area contributed by atoms with E-state index in [1.807, 2.05) is 16.9 Å². The average molecular weight is 431 g/mol. The van der Waals surface area contributed by atoms with Gasteiger partial charge in [0, 0.05) is 36.1 Å². The van der Waals surface area contributed by atoms with E-state index in [9.17, 15) is 4.39 Å². The zero-order chi connectivity index (χ0) is 20.0. The highest BCUT2D eigenvalue weighted by Crippen LogP contribution is 2.47. The van der Waals surface area contributed by atoms with E-state index in [0.29, 0.717) is 9.92 Å². The van der Waals surface area contributed by atoms with Crippen LogP contribution >= 0.6 is 23.4 Å². The first-order chi connectivity index (χ1) is 14.1. The first-order valence-electron chi connectivity index (χ1n) is 9.52. The number of benzene rings is 1. The fourth-order valence-electron chi connectivity index (χ4n) is 4.30. The zero-order valence-corrected chi connectivity index (χ0v) is 17.2. The van der Waals surface area contributed by atoms with Gasteiger partial charge in [-0.05, 0) is 31.0 Å². The highest BCUT2D eigenvalue weighted by molar-refractivity contribution is 7.99. The van der Waals surface area contributed by atoms with Gasteiger partial charge in [0.1, 0.15) is 16.7 Å². The van der Waals surface area contributed by atoms with Crippen LogP contribution in [0.25, 0.3) is 0 Å². The van der Waals surface area contributed by atoms with Crippen molar-refractivity contribution in [1.82, 2.24) is 19.7 Å². The molecule has 29 heavy (non-hydrogen) atoms. The minimum absolute atomic E-state index is 0.0352. The maximum absolute atomic E-state index is 13.6. The molecule has 0 unspecified atom stereocenters. The van der Waals surface area contributed by atoms with Gasteiger partial charge < -0.3 is 10.6 Å². The van der Waals surface area contributed by atoms with Gasteiger partial charge in [-0.3, -0.25) is 4.68 Å². The molecule has 1 saturated heterocycles. The predicted octanol–water partition coefficient (Wildman–Crippen LogP) is 3.92. The molecule has 5 rings (SSSR count). The molecule has 2 N–H and O–H groups in total. The van der Waals surface area contributed by atoms with Crippen LogP contribution in [0, 0.1) is 11.2 Å². The normalized spacial score (nSPS) is 20.2. The third kappa shape index (κ3) is 3.29. The minimum Gasteiger partial charge on any atom is -0.355 e. The summed E-state index contributed by atoms with van der Waals surface area (Å²) in [6, 6.07) is 6.81. The third-order valence-corrected chi connectivity index (χ3v) is 7.50. The van der Waals surface area contributed by atoms with Crippen molar-refractivity contribution in [3.05, 3.63) is 59.4 Å². The van der Waals surface area contributed by atoms with Crippen LogP contribution in [-0.2, 0) is 6.54 Å². The first kappa shape index (κ1) is 18.8. The quantitative estimate of drug-likeness (QED) is 0.679. The van der Waals surface area contributed by atoms with Gasteiger partial charge in [-0.2, -0.15) is 5.10 Å². The molecule has 9 heteroatoms. The molecule has 0 aliphatic carbocycles. The lowest BCUT2D eigenvalue weighted by Crippen LogP contribution is -2.45. The van der Waals surface area contributed by atoms with E-state index >= 15 is 0 Å². The van der Waals surface area contributed by atoms with Gasteiger partial charge in [0.2, 0.25) is 0 Å². The first-order valence-corrected chi connectivity index (χ1v) is 10.7. The highest BCUT2D eigenvalue weighted by atomic mass is 35.5. The van der Waals surface area contributed by atoms with E-state index < -0.39 is 5.82 Å². The van der Waals surface area contributed by atoms with Crippen molar-refractivity contribution < 1.29 is 4.39 Å². The van der Waals surface area contributed by atoms with Crippen molar-refractivity contribution in [2.45, 2.75) is 35.3 Å². The molecule has 3 aromatic rings. The van der Waals surface area contributed by atoms with Crippen LogP contribution in [0.15, 0.2) is 52.8 Å². The Morgan fingerprint density at radius 3 is 2.72 bits per heavy atom. The standard InChI is InChI=1S/C20H20ClFN6S/c21-18-13(22)2-1-3-15(18)29-17-11-24-16(10-25-17)27-8-5-20(6-9-27)12-28-14(19(20)23)4-7-26-28/h1-4,7,10-11,19H,5-6,8-9,12,23H2/t19-/m1/s1. The van der Waals surface area contributed by atoms with Crippen LogP contribution in [-0.4, -0.2) is 32.8 Å². The van der Waals surface area contributed by atoms with Crippen LogP contribution in [0.2, 0.25) is 5.02 Å². The lowest BCUT2D eigenvalue weighted by Gasteiger charge is -2.41. The number of hydrogen-bond acceptors (Lipinski definition) is 6. The molecule has 150 valence electrons. The fraction of sp³-hybridized carbons (Fsp3) is 0.350. The van der Waals surface area contributed by atoms with Crippen LogP contribution in [0.1, 0.15) is 24.6 Å². The number of halogens is 2. The second-order valence-corrected chi connectivity index (χ2v) is 9.05. The molecule has 2 aromatic heterocycles. The number of nitrogens with zero attached hydrogens (tertiary/aromatic N) is 5. The molecule has 1 fully saturated rings. The molecule has 1 aromatic carbocycles. The summed E-state index contributed by atoms with van der Waals surface area (Å²) in [5.74, 6) is 0.411. The number of rotatable bonds is 3. The van der Waals surface area contributed by atoms with Crippen molar-refractivity contribution >= 4 is 29.2 Å². The van der Waals surface area contributed by atoms with Crippen LogP contribution in [0.5, 0.6) is 0 Å². The third-order valence-electron chi connectivity index (χ3n) is 6.02. The Morgan fingerprint density at radius 1 is 1.17 bits per heavy atom. The number of nitrogens with two attached hydrogens (primary N) is 1. The van der Waals surface area contributed by atoms with Crippen molar-refractivity contribution in [3.63, 3.8) is 0 Å². The molecule has 1 atom stereocenters. The molecule has 2 aliphatic heterocycles. The minimum atomic E-state index is -0.435. The van der Waals surface area contributed by atoms with Crippen LogP contribution in [0.3, 0.4) is 0 Å². The van der Waals surface area contributed by atoms with Crippen LogP contribution in [0.4, 0.5) is 10.2 Å². The van der Waals surface area contributed by atoms with Crippen LogP contribution < -0.4 is 10.6 Å². The highest BCUT2D eigenvalue weighted by Gasteiger charge is 2.46. The molecule has 0 radical (unpaired) electrons. The summed E-state index contributed by atoms with van der Waals surface area (Å²) in [6.45, 7) is 2.66. The van der Waals surface area contributed by atoms with E-state index in [2.05, 4.69) is 20.0 Å². The van der Waals surface area contributed by atoms with Gasteiger partial charge in [0.05, 0.1) is 29.2 Å². The Bertz CT molecular complexity index is 1030. The van der Waals surface area contributed by atoms with Gasteiger partial charge in [-0.25, -0.2) is 14.4 Å². The number of fused-ring (bicyclic) bond motifs is 1. The SMILES string of the molecule is N[C@@H]1c2ccnn2CC12CCN(c1cnc(Sc3cccc(F)c3Cl)cn1)CC2. The number of piperidine rings is 1. The second-order valence-electron chi connectivity index (χ2n) is 7.61. The number of hydrogen-bond donors (Lipinski definition) is 1. The number of anilines is 1. The lowest BCUT2D eigenvalue weighted by atomic mass is 9.73. The second kappa shape index (κ2) is 7.27. The molecule has 0 amide bonds. The zero-order valence-electron chi connectivity index (χ0n) is 15.6. The van der Waals surface area contributed by atoms with Crippen molar-refractivity contribution in [2.75, 3.05) is 18.0 Å².